The first-order chi connectivity index (χ1) is 14.7. The largest absolute Gasteiger partial charge is 0.464 e. The molecule has 2 nitrogen and oxygen atoms in total. The van der Waals surface area contributed by atoms with Gasteiger partial charge in [0.25, 0.3) is 0 Å². The Morgan fingerprint density at radius 3 is 2.07 bits per heavy atom. The Morgan fingerprint density at radius 2 is 1.37 bits per heavy atom. The summed E-state index contributed by atoms with van der Waals surface area (Å²) in [6, 6.07) is 17.2. The third-order valence-corrected chi connectivity index (χ3v) is 8.20. The first-order valence-corrected chi connectivity index (χ1v) is 12.1. The molecule has 0 spiro atoms. The van der Waals surface area contributed by atoms with Gasteiger partial charge < -0.3 is 4.74 Å². The Labute approximate surface area is 181 Å². The summed E-state index contributed by atoms with van der Waals surface area (Å²) < 4.78 is 6.12. The average molecular weight is 403 g/mol. The van der Waals surface area contributed by atoms with Crippen LogP contribution in [0.15, 0.2) is 48.5 Å². The van der Waals surface area contributed by atoms with E-state index in [-0.39, 0.29) is 17.8 Å². The Balaban J connectivity index is 1.34. The second-order valence-electron chi connectivity index (χ2n) is 9.84. The lowest BCUT2D eigenvalue weighted by Gasteiger charge is -2.32. The van der Waals surface area contributed by atoms with Gasteiger partial charge in [-0.1, -0.05) is 87.6 Å². The number of hydrogen-bond donors (Lipinski definition) is 0. The van der Waals surface area contributed by atoms with E-state index in [1.807, 2.05) is 0 Å². The zero-order valence-electron chi connectivity index (χ0n) is 18.2. The fraction of sp³-hybridized carbons (Fsp3) is 0.536. The quantitative estimate of drug-likeness (QED) is 0.518. The van der Waals surface area contributed by atoms with E-state index < -0.39 is 0 Å². The SMILES string of the molecule is CC1CCCCC2C(C(=O)OCC3c4ccccc4-c4ccccc43)CCCCC12. The molecule has 5 rings (SSSR count). The number of ether oxygens (including phenoxy) is 1. The average Bonchev–Trinajstić information content (AvgIpc) is 2.89. The number of esters is 1. The van der Waals surface area contributed by atoms with Crippen LogP contribution < -0.4 is 0 Å². The molecule has 2 aromatic carbocycles. The lowest BCUT2D eigenvalue weighted by atomic mass is 9.73. The molecule has 0 N–H and O–H groups in total. The van der Waals surface area contributed by atoms with E-state index in [0.29, 0.717) is 18.4 Å². The molecular weight excluding hydrogens is 368 g/mol. The van der Waals surface area contributed by atoms with Crippen molar-refractivity contribution in [1.29, 1.82) is 0 Å². The van der Waals surface area contributed by atoms with Gasteiger partial charge in [0.2, 0.25) is 0 Å². The number of carbonyl (C=O) groups excluding carboxylic acids is 1. The molecule has 2 saturated carbocycles. The van der Waals surface area contributed by atoms with E-state index in [2.05, 4.69) is 55.5 Å². The number of fused-ring (bicyclic) bond motifs is 4. The van der Waals surface area contributed by atoms with Crippen LogP contribution in [0.1, 0.15) is 75.3 Å². The maximum Gasteiger partial charge on any atom is 0.309 e. The normalized spacial score (nSPS) is 28.6. The van der Waals surface area contributed by atoms with E-state index in [1.165, 1.54) is 67.2 Å². The molecule has 2 heteroatoms. The predicted molar refractivity (Wildman–Crippen MR) is 121 cm³/mol. The highest BCUT2D eigenvalue weighted by Crippen LogP contribution is 2.46. The van der Waals surface area contributed by atoms with E-state index in [0.717, 1.165) is 12.3 Å². The fourth-order valence-electron chi connectivity index (χ4n) is 6.66. The summed E-state index contributed by atoms with van der Waals surface area (Å²) in [4.78, 5) is 13.4. The van der Waals surface area contributed by atoms with Gasteiger partial charge in [-0.15, -0.1) is 0 Å². The van der Waals surface area contributed by atoms with Crippen molar-refractivity contribution < 1.29 is 9.53 Å². The van der Waals surface area contributed by atoms with Gasteiger partial charge in [0.15, 0.2) is 0 Å². The van der Waals surface area contributed by atoms with Crippen molar-refractivity contribution in [3.63, 3.8) is 0 Å². The summed E-state index contributed by atoms with van der Waals surface area (Å²) in [5, 5.41) is 0. The molecule has 0 saturated heterocycles. The van der Waals surface area contributed by atoms with Crippen molar-refractivity contribution in [2.24, 2.45) is 23.7 Å². The van der Waals surface area contributed by atoms with E-state index in [9.17, 15) is 4.79 Å². The van der Waals surface area contributed by atoms with Crippen molar-refractivity contribution >= 4 is 5.97 Å². The summed E-state index contributed by atoms with van der Waals surface area (Å²) in [5.74, 6) is 2.32. The van der Waals surface area contributed by atoms with Gasteiger partial charge in [0.05, 0.1) is 5.92 Å². The minimum absolute atomic E-state index is 0.0721. The minimum atomic E-state index is 0.0721. The first kappa shape index (κ1) is 19.8. The topological polar surface area (TPSA) is 26.3 Å². The first-order valence-electron chi connectivity index (χ1n) is 12.1. The Hall–Kier alpha value is -2.09. The smallest absolute Gasteiger partial charge is 0.309 e. The molecule has 4 atom stereocenters. The van der Waals surface area contributed by atoms with Gasteiger partial charge in [-0.3, -0.25) is 4.79 Å². The zero-order valence-corrected chi connectivity index (χ0v) is 18.2. The molecule has 0 radical (unpaired) electrons. The number of benzene rings is 2. The third kappa shape index (κ3) is 3.59. The minimum Gasteiger partial charge on any atom is -0.464 e. The Morgan fingerprint density at radius 1 is 0.800 bits per heavy atom. The Bertz CT molecular complexity index is 856. The van der Waals surface area contributed by atoms with E-state index in [1.54, 1.807) is 0 Å². The standard InChI is InChI=1S/C28H34O2/c1-19-10-2-3-12-21-20(19)11-4-9-17-26(21)28(29)30-18-27-24-15-7-5-13-22(24)23-14-6-8-16-25(23)27/h5-8,13-16,19-21,26-27H,2-4,9-12,17-18H2,1H3. The molecule has 2 fully saturated rings. The molecule has 4 unspecified atom stereocenters. The maximum atomic E-state index is 13.4. The van der Waals surface area contributed by atoms with Crippen molar-refractivity contribution in [1.82, 2.24) is 0 Å². The van der Waals surface area contributed by atoms with Crippen molar-refractivity contribution in [3.05, 3.63) is 59.7 Å². The molecule has 0 bridgehead atoms. The van der Waals surface area contributed by atoms with Crippen LogP contribution in [-0.4, -0.2) is 12.6 Å². The summed E-state index contributed by atoms with van der Waals surface area (Å²) in [7, 11) is 0. The molecule has 3 aliphatic rings. The third-order valence-electron chi connectivity index (χ3n) is 8.20. The van der Waals surface area contributed by atoms with Crippen LogP contribution in [0.4, 0.5) is 0 Å². The molecule has 158 valence electrons. The van der Waals surface area contributed by atoms with Gasteiger partial charge in [0, 0.05) is 5.92 Å². The van der Waals surface area contributed by atoms with Crippen LogP contribution in [-0.2, 0) is 9.53 Å². The number of hydrogen-bond acceptors (Lipinski definition) is 2. The van der Waals surface area contributed by atoms with E-state index in [4.69, 9.17) is 4.74 Å². The number of rotatable bonds is 3. The second kappa shape index (κ2) is 8.57. The molecule has 0 amide bonds. The van der Waals surface area contributed by atoms with Crippen LogP contribution in [0, 0.1) is 23.7 Å². The number of carbonyl (C=O) groups is 1. The van der Waals surface area contributed by atoms with Crippen molar-refractivity contribution in [3.8, 4) is 11.1 Å². The molecule has 0 heterocycles. The fourth-order valence-corrected chi connectivity index (χ4v) is 6.66. The summed E-state index contributed by atoms with van der Waals surface area (Å²) in [6.07, 6.45) is 9.92. The van der Waals surface area contributed by atoms with Gasteiger partial charge >= 0.3 is 5.97 Å². The summed E-state index contributed by atoms with van der Waals surface area (Å²) in [5.41, 5.74) is 5.18. The monoisotopic (exact) mass is 402 g/mol. The van der Waals surface area contributed by atoms with Crippen molar-refractivity contribution in [2.75, 3.05) is 6.61 Å². The zero-order chi connectivity index (χ0) is 20.5. The molecule has 0 aromatic heterocycles. The van der Waals surface area contributed by atoms with Gasteiger partial charge in [0.1, 0.15) is 6.61 Å². The predicted octanol–water partition coefficient (Wildman–Crippen LogP) is 6.97. The van der Waals surface area contributed by atoms with Gasteiger partial charge in [-0.25, -0.2) is 0 Å². The van der Waals surface area contributed by atoms with E-state index >= 15 is 0 Å². The lowest BCUT2D eigenvalue weighted by Crippen LogP contribution is -2.32. The van der Waals surface area contributed by atoms with Crippen LogP contribution in [0.25, 0.3) is 11.1 Å². The molecular formula is C28H34O2. The maximum absolute atomic E-state index is 13.4. The highest BCUT2D eigenvalue weighted by Gasteiger charge is 2.40. The highest BCUT2D eigenvalue weighted by molar-refractivity contribution is 5.79. The molecule has 3 aliphatic carbocycles. The molecule has 30 heavy (non-hydrogen) atoms. The van der Waals surface area contributed by atoms with Crippen LogP contribution in [0.3, 0.4) is 0 Å². The van der Waals surface area contributed by atoms with Gasteiger partial charge in [-0.05, 0) is 59.3 Å². The van der Waals surface area contributed by atoms with Crippen LogP contribution in [0.2, 0.25) is 0 Å². The van der Waals surface area contributed by atoms with Gasteiger partial charge in [-0.2, -0.15) is 0 Å². The summed E-state index contributed by atoms with van der Waals surface area (Å²) >= 11 is 0. The highest BCUT2D eigenvalue weighted by atomic mass is 16.5. The molecule has 2 aromatic rings. The Kier molecular flexibility index (Phi) is 5.67. The lowest BCUT2D eigenvalue weighted by molar-refractivity contribution is -0.152. The van der Waals surface area contributed by atoms with Crippen molar-refractivity contribution in [2.45, 2.75) is 64.2 Å². The summed E-state index contributed by atoms with van der Waals surface area (Å²) in [6.45, 7) is 2.89. The second-order valence-corrected chi connectivity index (χ2v) is 9.84. The van der Waals surface area contributed by atoms with Crippen LogP contribution in [0.5, 0.6) is 0 Å². The van der Waals surface area contributed by atoms with Crippen LogP contribution >= 0.6 is 0 Å². The molecule has 0 aliphatic heterocycles.